The van der Waals surface area contributed by atoms with Gasteiger partial charge in [-0.2, -0.15) is 0 Å². The molecule has 1 N–H and O–H groups in total. The number of benzene rings is 2. The molecule has 0 aromatic heterocycles. The Labute approximate surface area is 128 Å². The quantitative estimate of drug-likeness (QED) is 0.922. The SMILES string of the molecule is CCN(C(=O)CNC(=O)c1ccccc1F)c1ccccc1. The highest BCUT2D eigenvalue weighted by Crippen LogP contribution is 2.13. The molecular weight excluding hydrogens is 283 g/mol. The van der Waals surface area contributed by atoms with Gasteiger partial charge in [0.2, 0.25) is 5.91 Å². The van der Waals surface area contributed by atoms with Crippen molar-refractivity contribution in [3.05, 3.63) is 66.0 Å². The molecule has 0 fully saturated rings. The second kappa shape index (κ2) is 7.36. The molecule has 2 aromatic carbocycles. The number of anilines is 1. The van der Waals surface area contributed by atoms with Gasteiger partial charge in [0.1, 0.15) is 5.82 Å². The molecule has 0 heterocycles. The van der Waals surface area contributed by atoms with Crippen molar-refractivity contribution in [3.63, 3.8) is 0 Å². The van der Waals surface area contributed by atoms with E-state index in [1.54, 1.807) is 11.0 Å². The summed E-state index contributed by atoms with van der Waals surface area (Å²) in [6.45, 7) is 2.15. The van der Waals surface area contributed by atoms with E-state index in [2.05, 4.69) is 5.32 Å². The molecule has 2 rings (SSSR count). The number of carbonyl (C=O) groups is 2. The Morgan fingerprint density at radius 3 is 2.32 bits per heavy atom. The maximum absolute atomic E-state index is 13.5. The predicted octanol–water partition coefficient (Wildman–Crippen LogP) is 2.61. The van der Waals surface area contributed by atoms with Gasteiger partial charge in [-0.3, -0.25) is 9.59 Å². The monoisotopic (exact) mass is 300 g/mol. The van der Waals surface area contributed by atoms with Crippen LogP contribution in [0, 0.1) is 5.82 Å². The van der Waals surface area contributed by atoms with Gasteiger partial charge in [-0.25, -0.2) is 4.39 Å². The van der Waals surface area contributed by atoms with Gasteiger partial charge in [-0.15, -0.1) is 0 Å². The van der Waals surface area contributed by atoms with Crippen LogP contribution < -0.4 is 10.2 Å². The van der Waals surface area contributed by atoms with Gasteiger partial charge in [0, 0.05) is 12.2 Å². The summed E-state index contributed by atoms with van der Waals surface area (Å²) in [7, 11) is 0. The van der Waals surface area contributed by atoms with E-state index in [1.165, 1.54) is 18.2 Å². The van der Waals surface area contributed by atoms with Crippen LogP contribution in [-0.4, -0.2) is 24.9 Å². The molecule has 0 bridgehead atoms. The molecule has 0 spiro atoms. The van der Waals surface area contributed by atoms with Crippen LogP contribution in [0.15, 0.2) is 54.6 Å². The minimum Gasteiger partial charge on any atom is -0.343 e. The van der Waals surface area contributed by atoms with E-state index in [0.717, 1.165) is 5.69 Å². The number of hydrogen-bond acceptors (Lipinski definition) is 2. The number of halogens is 1. The summed E-state index contributed by atoms with van der Waals surface area (Å²) >= 11 is 0. The summed E-state index contributed by atoms with van der Waals surface area (Å²) in [4.78, 5) is 25.7. The third-order valence-corrected chi connectivity index (χ3v) is 3.20. The summed E-state index contributed by atoms with van der Waals surface area (Å²) in [5, 5.41) is 2.45. The average molecular weight is 300 g/mol. The minimum atomic E-state index is -0.608. The van der Waals surface area contributed by atoms with Crippen LogP contribution in [-0.2, 0) is 4.79 Å². The van der Waals surface area contributed by atoms with E-state index in [4.69, 9.17) is 0 Å². The molecule has 0 aliphatic heterocycles. The first kappa shape index (κ1) is 15.7. The van der Waals surface area contributed by atoms with Crippen molar-refractivity contribution in [1.82, 2.24) is 5.32 Å². The van der Waals surface area contributed by atoms with Crippen molar-refractivity contribution >= 4 is 17.5 Å². The van der Waals surface area contributed by atoms with Gasteiger partial charge in [0.15, 0.2) is 0 Å². The maximum atomic E-state index is 13.5. The largest absolute Gasteiger partial charge is 0.343 e. The molecule has 0 saturated carbocycles. The van der Waals surface area contributed by atoms with E-state index >= 15 is 0 Å². The lowest BCUT2D eigenvalue weighted by Crippen LogP contribution is -2.40. The van der Waals surface area contributed by atoms with Crippen molar-refractivity contribution in [3.8, 4) is 0 Å². The van der Waals surface area contributed by atoms with Crippen LogP contribution in [0.5, 0.6) is 0 Å². The van der Waals surface area contributed by atoms with Gasteiger partial charge >= 0.3 is 0 Å². The number of likely N-dealkylation sites (N-methyl/N-ethyl adjacent to an activating group) is 1. The van der Waals surface area contributed by atoms with E-state index in [-0.39, 0.29) is 18.0 Å². The second-order valence-corrected chi connectivity index (χ2v) is 4.64. The Kier molecular flexibility index (Phi) is 5.25. The lowest BCUT2D eigenvalue weighted by molar-refractivity contribution is -0.117. The van der Waals surface area contributed by atoms with Gasteiger partial charge in [-0.1, -0.05) is 30.3 Å². The number of rotatable bonds is 5. The Morgan fingerprint density at radius 2 is 1.68 bits per heavy atom. The highest BCUT2D eigenvalue weighted by atomic mass is 19.1. The van der Waals surface area contributed by atoms with Crippen molar-refractivity contribution in [2.24, 2.45) is 0 Å². The van der Waals surface area contributed by atoms with Crippen molar-refractivity contribution in [1.29, 1.82) is 0 Å². The standard InChI is InChI=1S/C17H17FN2O2/c1-2-20(13-8-4-3-5-9-13)16(21)12-19-17(22)14-10-6-7-11-15(14)18/h3-11H,2,12H2,1H3,(H,19,22). The van der Waals surface area contributed by atoms with Crippen LogP contribution in [0.1, 0.15) is 17.3 Å². The molecule has 0 atom stereocenters. The van der Waals surface area contributed by atoms with Gasteiger partial charge in [0.25, 0.3) is 5.91 Å². The number of carbonyl (C=O) groups excluding carboxylic acids is 2. The average Bonchev–Trinajstić information content (AvgIpc) is 2.55. The first-order valence-corrected chi connectivity index (χ1v) is 7.01. The molecule has 0 aliphatic carbocycles. The summed E-state index contributed by atoms with van der Waals surface area (Å²) in [5.41, 5.74) is 0.688. The fourth-order valence-electron chi connectivity index (χ4n) is 2.10. The molecule has 0 saturated heterocycles. The highest BCUT2D eigenvalue weighted by molar-refractivity contribution is 6.00. The maximum Gasteiger partial charge on any atom is 0.254 e. The number of nitrogens with zero attached hydrogens (tertiary/aromatic N) is 1. The van der Waals surface area contributed by atoms with Gasteiger partial charge in [-0.05, 0) is 31.2 Å². The van der Waals surface area contributed by atoms with Gasteiger partial charge < -0.3 is 10.2 Å². The zero-order valence-electron chi connectivity index (χ0n) is 12.3. The predicted molar refractivity (Wildman–Crippen MR) is 83.2 cm³/mol. The first-order valence-electron chi connectivity index (χ1n) is 7.01. The van der Waals surface area contributed by atoms with Crippen molar-refractivity contribution in [2.45, 2.75) is 6.92 Å². The van der Waals surface area contributed by atoms with Crippen LogP contribution >= 0.6 is 0 Å². The number of para-hydroxylation sites is 1. The first-order chi connectivity index (χ1) is 10.6. The molecule has 0 aliphatic rings. The lowest BCUT2D eigenvalue weighted by Gasteiger charge is -2.21. The summed E-state index contributed by atoms with van der Waals surface area (Å²) in [6.07, 6.45) is 0. The third-order valence-electron chi connectivity index (χ3n) is 3.20. The summed E-state index contributed by atoms with van der Waals surface area (Å²) < 4.78 is 13.5. The van der Waals surface area contributed by atoms with Crippen LogP contribution in [0.2, 0.25) is 0 Å². The van der Waals surface area contributed by atoms with E-state index in [1.807, 2.05) is 37.3 Å². The summed E-state index contributed by atoms with van der Waals surface area (Å²) in [5.74, 6) is -1.46. The number of hydrogen-bond donors (Lipinski definition) is 1. The molecular formula is C17H17FN2O2. The van der Waals surface area contributed by atoms with Crippen LogP contribution in [0.4, 0.5) is 10.1 Å². The molecule has 0 radical (unpaired) electrons. The Morgan fingerprint density at radius 1 is 1.05 bits per heavy atom. The molecule has 5 heteroatoms. The molecule has 2 aromatic rings. The van der Waals surface area contributed by atoms with Crippen LogP contribution in [0.25, 0.3) is 0 Å². The van der Waals surface area contributed by atoms with E-state index in [0.29, 0.717) is 6.54 Å². The van der Waals surface area contributed by atoms with Gasteiger partial charge in [0.05, 0.1) is 12.1 Å². The Bertz CT molecular complexity index is 659. The topological polar surface area (TPSA) is 49.4 Å². The smallest absolute Gasteiger partial charge is 0.254 e. The fraction of sp³-hybridized carbons (Fsp3) is 0.176. The highest BCUT2D eigenvalue weighted by Gasteiger charge is 2.16. The Hall–Kier alpha value is -2.69. The molecule has 22 heavy (non-hydrogen) atoms. The zero-order valence-corrected chi connectivity index (χ0v) is 12.3. The third kappa shape index (κ3) is 3.69. The van der Waals surface area contributed by atoms with Crippen molar-refractivity contribution in [2.75, 3.05) is 18.0 Å². The lowest BCUT2D eigenvalue weighted by atomic mass is 10.2. The van der Waals surface area contributed by atoms with E-state index in [9.17, 15) is 14.0 Å². The molecule has 0 unspecified atom stereocenters. The zero-order chi connectivity index (χ0) is 15.9. The molecule has 4 nitrogen and oxygen atoms in total. The molecule has 114 valence electrons. The minimum absolute atomic E-state index is 0.0712. The van der Waals surface area contributed by atoms with Crippen molar-refractivity contribution < 1.29 is 14.0 Å². The Balaban J connectivity index is 2.00. The fourth-order valence-corrected chi connectivity index (χ4v) is 2.10. The number of nitrogens with one attached hydrogen (secondary N) is 1. The normalized spacial score (nSPS) is 10.1. The van der Waals surface area contributed by atoms with E-state index < -0.39 is 11.7 Å². The second-order valence-electron chi connectivity index (χ2n) is 4.64. The molecule has 2 amide bonds. The number of amides is 2. The summed E-state index contributed by atoms with van der Waals surface area (Å²) in [6, 6.07) is 14.8. The van der Waals surface area contributed by atoms with Crippen LogP contribution in [0.3, 0.4) is 0 Å².